The van der Waals surface area contributed by atoms with Crippen LogP contribution in [0.15, 0.2) is 18.2 Å². The summed E-state index contributed by atoms with van der Waals surface area (Å²) in [7, 11) is 3.63. The highest BCUT2D eigenvalue weighted by molar-refractivity contribution is 5.43. The highest BCUT2D eigenvalue weighted by Gasteiger charge is 1.87. The molecule has 10 heteroatoms. The van der Waals surface area contributed by atoms with Gasteiger partial charge in [-0.05, 0) is 37.1 Å². The smallest absolute Gasteiger partial charge is 0.293 e. The third kappa shape index (κ3) is 72.5. The second-order valence-corrected chi connectivity index (χ2v) is 3.74. The molecule has 10 nitrogen and oxygen atoms in total. The molecule has 0 aliphatic heterocycles. The van der Waals surface area contributed by atoms with Crippen molar-refractivity contribution in [3.05, 3.63) is 29.3 Å². The van der Waals surface area contributed by atoms with Crippen molar-refractivity contribution in [3.8, 4) is 0 Å². The number of carbonyl (C=O) groups is 2. The highest BCUT2D eigenvalue weighted by Crippen LogP contribution is 2.08. The van der Waals surface area contributed by atoms with E-state index in [0.717, 1.165) is 12.8 Å². The number of benzene rings is 1. The van der Waals surface area contributed by atoms with Crippen molar-refractivity contribution in [2.45, 2.75) is 51.0 Å². The number of nitrogen functional groups attached to an aromatic ring is 1. The summed E-state index contributed by atoms with van der Waals surface area (Å²) in [4.78, 5) is 22.0. The maximum Gasteiger partial charge on any atom is 0.293 e. The van der Waals surface area contributed by atoms with Crippen molar-refractivity contribution in [1.29, 1.82) is 0 Å². The molecule has 0 bridgehead atoms. The molecule has 0 aliphatic rings. The lowest BCUT2D eigenvalue weighted by molar-refractivity contribution is -0.129. The number of hydrogen-bond donors (Lipinski definition) is 5. The Labute approximate surface area is 184 Å². The van der Waals surface area contributed by atoms with Crippen molar-refractivity contribution in [1.82, 2.24) is 5.64 Å². The van der Waals surface area contributed by atoms with E-state index in [9.17, 15) is 4.79 Å². The molecule has 30 heavy (non-hydrogen) atoms. The Morgan fingerprint density at radius 2 is 1.27 bits per heavy atom. The Balaban J connectivity index is -0.0000000271. The minimum absolute atomic E-state index is 0. The van der Waals surface area contributed by atoms with E-state index in [1.165, 1.54) is 31.0 Å². The van der Waals surface area contributed by atoms with Gasteiger partial charge in [-0.15, -0.1) is 0 Å². The van der Waals surface area contributed by atoms with Gasteiger partial charge in [0.15, 0.2) is 0 Å². The monoisotopic (exact) mass is 446 g/mol. The van der Waals surface area contributed by atoms with Crippen molar-refractivity contribution in [2.75, 3.05) is 40.3 Å². The Bertz CT molecular complexity index is 343. The number of hydrogen-bond acceptors (Lipinski definition) is 10. The molecule has 1 aromatic rings. The number of carbonyl (C=O) groups excluding carboxylic acids is 2. The van der Waals surface area contributed by atoms with Crippen LogP contribution in [0.5, 0.6) is 0 Å². The Hall–Kier alpha value is -2.24. The molecule has 1 rings (SSSR count). The van der Waals surface area contributed by atoms with Gasteiger partial charge < -0.3 is 25.4 Å². The lowest BCUT2D eigenvalue weighted by Gasteiger charge is -1.97. The fraction of sp³-hybridized carbons (Fsp3) is 0.600. The fourth-order valence-electron chi connectivity index (χ4n) is 1.11. The van der Waals surface area contributed by atoms with Crippen LogP contribution in [0, 0.1) is 13.8 Å². The van der Waals surface area contributed by atoms with Crippen LogP contribution in [0.1, 0.15) is 48.3 Å². The minimum Gasteiger partial charge on any atom is -0.471 e. The van der Waals surface area contributed by atoms with Gasteiger partial charge in [-0.1, -0.05) is 48.8 Å². The van der Waals surface area contributed by atoms with Gasteiger partial charge in [0.25, 0.3) is 12.9 Å². The molecule has 0 fully saturated rings. The molecule has 0 aliphatic carbocycles. The molecular formula is C20H50N2O8. The van der Waals surface area contributed by atoms with Crippen molar-refractivity contribution >= 4 is 18.6 Å². The fourth-order valence-corrected chi connectivity index (χ4v) is 1.11. The molecule has 0 spiro atoms. The van der Waals surface area contributed by atoms with Gasteiger partial charge in [-0.2, -0.15) is 0 Å². The van der Waals surface area contributed by atoms with Crippen molar-refractivity contribution < 1.29 is 39.3 Å². The largest absolute Gasteiger partial charge is 0.471 e. The van der Waals surface area contributed by atoms with Gasteiger partial charge >= 0.3 is 0 Å². The van der Waals surface area contributed by atoms with Crippen LogP contribution in [0.25, 0.3) is 0 Å². The molecule has 0 radical (unpaired) electrons. The van der Waals surface area contributed by atoms with E-state index in [-0.39, 0.29) is 50.3 Å². The van der Waals surface area contributed by atoms with Crippen LogP contribution in [-0.2, 0) is 23.9 Å². The second kappa shape index (κ2) is 56.3. The lowest BCUT2D eigenvalue weighted by Crippen LogP contribution is -2.01. The molecule has 1 aromatic carbocycles. The number of nitrogens with two attached hydrogens (primary N) is 1. The summed E-state index contributed by atoms with van der Waals surface area (Å²) < 4.78 is 7.91. The van der Waals surface area contributed by atoms with Crippen LogP contribution >= 0.6 is 0 Å². The number of nitrogens with one attached hydrogen (secondary N) is 1. The second-order valence-electron chi connectivity index (χ2n) is 3.74. The summed E-state index contributed by atoms with van der Waals surface area (Å²) in [5.74, 6) is 0. The van der Waals surface area contributed by atoms with Gasteiger partial charge in [0, 0.05) is 12.8 Å². The zero-order chi connectivity index (χ0) is 20.5. The van der Waals surface area contributed by atoms with Gasteiger partial charge in [-0.3, -0.25) is 19.6 Å². The first-order chi connectivity index (χ1) is 11.9. The number of aryl methyl sites for hydroxylation is 2. The van der Waals surface area contributed by atoms with Gasteiger partial charge in [0.1, 0.15) is 6.61 Å². The number of methoxy groups -OCH3 is 1. The number of ether oxygens (including phenoxy) is 2. The molecule has 0 heterocycles. The van der Waals surface area contributed by atoms with E-state index >= 15 is 0 Å². The lowest BCUT2D eigenvalue weighted by atomic mass is 10.1. The molecule has 0 amide bonds. The molecule has 0 aromatic heterocycles. The SMILES string of the molecule is C.C.C.C.C.CO.COC=O.CONO.Cc1cc(C)cc(N)c1.O=COCCO. The van der Waals surface area contributed by atoms with E-state index in [4.69, 9.17) is 25.9 Å². The molecule has 6 N–H and O–H groups in total. The maximum atomic E-state index is 9.23. The number of rotatable bonds is 5. The van der Waals surface area contributed by atoms with E-state index in [1.54, 1.807) is 0 Å². The summed E-state index contributed by atoms with van der Waals surface area (Å²) in [6, 6.07) is 6.04. The van der Waals surface area contributed by atoms with Gasteiger partial charge in [0.2, 0.25) is 0 Å². The van der Waals surface area contributed by atoms with E-state index in [2.05, 4.69) is 20.4 Å². The van der Waals surface area contributed by atoms with E-state index in [0.29, 0.717) is 12.9 Å². The average molecular weight is 447 g/mol. The Kier molecular flexibility index (Phi) is 106. The molecule has 0 saturated carbocycles. The number of anilines is 1. The maximum absolute atomic E-state index is 9.23. The number of aliphatic hydroxyl groups excluding tert-OH is 2. The molecule has 188 valence electrons. The Morgan fingerprint density at radius 3 is 1.40 bits per heavy atom. The summed E-state index contributed by atoms with van der Waals surface area (Å²) >= 11 is 0. The van der Waals surface area contributed by atoms with Crippen LogP contribution in [-0.4, -0.2) is 62.9 Å². The summed E-state index contributed by atoms with van der Waals surface area (Å²) in [6.07, 6.45) is 0. The molecule has 0 saturated heterocycles. The zero-order valence-electron chi connectivity index (χ0n) is 15.3. The first kappa shape index (κ1) is 56.5. The quantitative estimate of drug-likeness (QED) is 0.197. The molecule has 0 unspecified atom stereocenters. The van der Waals surface area contributed by atoms with Crippen LogP contribution in [0.4, 0.5) is 5.69 Å². The zero-order valence-corrected chi connectivity index (χ0v) is 15.3. The predicted molar refractivity (Wildman–Crippen MR) is 126 cm³/mol. The minimum atomic E-state index is -0.0985. The molecule has 0 atom stereocenters. The van der Waals surface area contributed by atoms with E-state index < -0.39 is 0 Å². The molecular weight excluding hydrogens is 396 g/mol. The van der Waals surface area contributed by atoms with Crippen LogP contribution < -0.4 is 11.4 Å². The summed E-state index contributed by atoms with van der Waals surface area (Å²) in [5.41, 5.74) is 10.3. The first-order valence-electron chi connectivity index (χ1n) is 6.76. The van der Waals surface area contributed by atoms with Gasteiger partial charge in [0.05, 0.1) is 20.8 Å². The highest BCUT2D eigenvalue weighted by atomic mass is 16.8. The van der Waals surface area contributed by atoms with Crippen molar-refractivity contribution in [3.63, 3.8) is 0 Å². The third-order valence-electron chi connectivity index (χ3n) is 1.71. The summed E-state index contributed by atoms with van der Waals surface area (Å²) in [6.45, 7) is 4.77. The van der Waals surface area contributed by atoms with E-state index in [1.807, 2.05) is 26.0 Å². The Morgan fingerprint density at radius 1 is 0.933 bits per heavy atom. The standard InChI is InChI=1S/C8H11N.C3H6O3.C2H4O2.CH5NO2.CH4O.5CH4/c1-6-3-7(2)5-8(9)4-6;4-1-2-6-3-5;2*1-4-2-3;1-2;;;;;/h3-5H,9H2,1-2H3;3-4H,1-2H2;2H,1H3;2-3H,1H3;2H,1H3;5*1H4. The normalized spacial score (nSPS) is 6.27. The van der Waals surface area contributed by atoms with Gasteiger partial charge in [-0.25, -0.2) is 0 Å². The topological polar surface area (TPSA) is 161 Å². The van der Waals surface area contributed by atoms with Crippen LogP contribution in [0.2, 0.25) is 0 Å². The number of aliphatic hydroxyl groups is 2. The first-order valence-corrected chi connectivity index (χ1v) is 6.76. The predicted octanol–water partition coefficient (Wildman–Crippen LogP) is 3.14. The summed E-state index contributed by atoms with van der Waals surface area (Å²) in [5, 5.41) is 22.3. The van der Waals surface area contributed by atoms with Crippen molar-refractivity contribution in [2.24, 2.45) is 0 Å². The average Bonchev–Trinajstić information content (AvgIpc) is 2.61. The third-order valence-corrected chi connectivity index (χ3v) is 1.71. The van der Waals surface area contributed by atoms with Crippen LogP contribution in [0.3, 0.4) is 0 Å².